The molecule has 0 amide bonds. The first kappa shape index (κ1) is 51.8. The van der Waals surface area contributed by atoms with Crippen molar-refractivity contribution < 1.29 is 90.0 Å². The Kier molecular flexibility index (Phi) is 32.3. The third kappa shape index (κ3) is 26.6. The van der Waals surface area contributed by atoms with Crippen molar-refractivity contribution in [1.29, 1.82) is 0 Å². The van der Waals surface area contributed by atoms with Crippen LogP contribution in [0.3, 0.4) is 0 Å². The van der Waals surface area contributed by atoms with E-state index in [4.69, 9.17) is 42.1 Å². The summed E-state index contributed by atoms with van der Waals surface area (Å²) in [6, 6.07) is 19.0. The minimum atomic E-state index is -2.44. The molecule has 0 aliphatic rings. The fourth-order valence-electron chi connectivity index (χ4n) is 1.68. The van der Waals surface area contributed by atoms with Crippen molar-refractivity contribution in [2.75, 3.05) is 11.5 Å². The number of nitrogen functional groups attached to an aromatic ring is 2. The predicted octanol–water partition coefficient (Wildman–Crippen LogP) is -12.6. The number of aliphatic hydroxyl groups excluding tert-OH is 6. The van der Waals surface area contributed by atoms with Gasteiger partial charge in [-0.3, -0.25) is 0 Å². The molecule has 0 spiro atoms. The summed E-state index contributed by atoms with van der Waals surface area (Å²) in [5, 5.41) is 107. The van der Waals surface area contributed by atoms with Crippen LogP contribution in [0.1, 0.15) is 0 Å². The van der Waals surface area contributed by atoms with E-state index in [1.165, 1.54) is 0 Å². The topological polar surface area (TPSA) is 414 Å². The van der Waals surface area contributed by atoms with Crippen LogP contribution in [0.4, 0.5) is 11.4 Å². The fraction of sp³-hybridized carbons (Fsp3) is 0.250. The SMILES string of the molecule is Nc1ccccc1.Nc1ccccc1.O=C([O-])[C@H](O)[C@@H](O)C(=O)[O-].O=C([O-])[C@H](O)[C@@H](O)C(=O)[O-].O=C([O-])[C@H](O)[C@@H](O)C(=O)[O-].[Sb+3].[Sb+3]. The van der Waals surface area contributed by atoms with E-state index < -0.39 is 72.4 Å². The second-order valence-electron chi connectivity index (χ2n) is 7.40. The maximum absolute atomic E-state index is 9.63. The van der Waals surface area contributed by atoms with Crippen LogP contribution in [0.5, 0.6) is 0 Å². The summed E-state index contributed by atoms with van der Waals surface area (Å²) >= 11 is 0. The summed E-state index contributed by atoms with van der Waals surface area (Å²) in [5.74, 6) is -12.4. The average Bonchev–Trinajstić information content (AvgIpc) is 2.96. The van der Waals surface area contributed by atoms with Gasteiger partial charge in [0, 0.05) is 11.4 Å². The van der Waals surface area contributed by atoms with E-state index in [9.17, 15) is 59.4 Å². The minimum Gasteiger partial charge on any atom is -0.547 e. The number of rotatable bonds is 9. The van der Waals surface area contributed by atoms with E-state index in [-0.39, 0.29) is 48.9 Å². The Labute approximate surface area is 293 Å². The molecule has 0 heterocycles. The number of hydrogen-bond acceptors (Lipinski definition) is 20. The van der Waals surface area contributed by atoms with Crippen LogP contribution < -0.4 is 42.1 Å². The van der Waals surface area contributed by atoms with Gasteiger partial charge in [-0.1, -0.05) is 36.4 Å². The molecule has 20 nitrogen and oxygen atoms in total. The minimum absolute atomic E-state index is 0. The summed E-state index contributed by atoms with van der Waals surface area (Å²) in [6.07, 6.45) is -14.6. The van der Waals surface area contributed by atoms with E-state index in [1.807, 2.05) is 60.7 Å². The van der Waals surface area contributed by atoms with Gasteiger partial charge >= 0.3 is 48.9 Å². The molecule has 0 aliphatic carbocycles. The second-order valence-corrected chi connectivity index (χ2v) is 7.40. The molecule has 250 valence electrons. The van der Waals surface area contributed by atoms with Crippen LogP contribution in [-0.2, 0) is 28.8 Å². The van der Waals surface area contributed by atoms with Crippen molar-refractivity contribution in [3.8, 4) is 0 Å². The molecule has 0 fully saturated rings. The maximum Gasteiger partial charge on any atom is 3.00 e. The third-order valence-electron chi connectivity index (χ3n) is 3.95. The molecule has 4 radical (unpaired) electrons. The van der Waals surface area contributed by atoms with Crippen molar-refractivity contribution in [1.82, 2.24) is 0 Å². The van der Waals surface area contributed by atoms with E-state index in [2.05, 4.69) is 0 Å². The van der Waals surface area contributed by atoms with Crippen LogP contribution in [-0.4, -0.2) is 152 Å². The average molecular weight is 874 g/mol. The fourth-order valence-corrected chi connectivity index (χ4v) is 1.68. The number of carboxylic acid groups (broad SMARTS) is 6. The van der Waals surface area contributed by atoms with Gasteiger partial charge in [0.2, 0.25) is 0 Å². The van der Waals surface area contributed by atoms with Crippen molar-refractivity contribution >= 4 is 96.0 Å². The number of para-hydroxylation sites is 2. The van der Waals surface area contributed by atoms with Gasteiger partial charge < -0.3 is 102 Å². The van der Waals surface area contributed by atoms with E-state index in [0.717, 1.165) is 11.4 Å². The molecule has 6 atom stereocenters. The monoisotopic (exact) mass is 872 g/mol. The van der Waals surface area contributed by atoms with Gasteiger partial charge in [0.15, 0.2) is 0 Å². The van der Waals surface area contributed by atoms with Gasteiger partial charge in [0.1, 0.15) is 36.6 Å². The molecule has 2 aromatic carbocycles. The quantitative estimate of drug-likeness (QED) is 0.0856. The summed E-state index contributed by atoms with van der Waals surface area (Å²) in [6.45, 7) is 0. The Balaban J connectivity index is -0.000000152. The first-order valence-corrected chi connectivity index (χ1v) is 11.1. The van der Waals surface area contributed by atoms with Crippen LogP contribution in [0.15, 0.2) is 60.7 Å². The second kappa shape index (κ2) is 28.7. The molecule has 0 saturated carbocycles. The summed E-state index contributed by atoms with van der Waals surface area (Å²) in [7, 11) is 0. The van der Waals surface area contributed by atoms with Gasteiger partial charge in [0.25, 0.3) is 0 Å². The Morgan fingerprint density at radius 3 is 0.587 bits per heavy atom. The number of hydrogen-bond donors (Lipinski definition) is 8. The molecular weight excluding hydrogens is 848 g/mol. The molecule has 0 bridgehead atoms. The van der Waals surface area contributed by atoms with Gasteiger partial charge in [0.05, 0.1) is 35.8 Å². The Morgan fingerprint density at radius 1 is 0.391 bits per heavy atom. The van der Waals surface area contributed by atoms with Crippen molar-refractivity contribution in [3.63, 3.8) is 0 Å². The third-order valence-corrected chi connectivity index (χ3v) is 3.95. The molecule has 2 rings (SSSR count). The molecule has 2 aromatic rings. The molecule has 0 aliphatic heterocycles. The molecular formula is C24H26N2O18Sb2. The van der Waals surface area contributed by atoms with Crippen LogP contribution in [0.2, 0.25) is 0 Å². The number of carbonyl (C=O) groups excluding carboxylic acids is 6. The molecule has 22 heteroatoms. The Morgan fingerprint density at radius 2 is 0.522 bits per heavy atom. The molecule has 10 N–H and O–H groups in total. The van der Waals surface area contributed by atoms with Crippen LogP contribution in [0.25, 0.3) is 0 Å². The smallest absolute Gasteiger partial charge is 0.547 e. The van der Waals surface area contributed by atoms with Gasteiger partial charge in [-0.15, -0.1) is 0 Å². The Bertz CT molecular complexity index is 999. The van der Waals surface area contributed by atoms with Crippen molar-refractivity contribution in [2.45, 2.75) is 36.6 Å². The van der Waals surface area contributed by atoms with Crippen molar-refractivity contribution in [3.05, 3.63) is 60.7 Å². The molecule has 46 heavy (non-hydrogen) atoms. The number of carboxylic acids is 6. The van der Waals surface area contributed by atoms with Crippen molar-refractivity contribution in [2.24, 2.45) is 0 Å². The number of aliphatic hydroxyl groups is 6. The predicted molar refractivity (Wildman–Crippen MR) is 139 cm³/mol. The first-order chi connectivity index (χ1) is 20.2. The zero-order chi connectivity index (χ0) is 35.2. The standard InChI is InChI=1S/2C6H7N.3C4H6O6.2Sb/c2*7-6-4-2-1-3-5-6;3*5-1(3(7)8)2(6)4(9)10;;/h2*1-5H,7H2;3*1-2,5-6H,(H,7,8)(H,9,10);;/q;;;;;2*+3/p-6/t;;3*1-,2-;;/m..111../s1. The molecule has 0 saturated heterocycles. The van der Waals surface area contributed by atoms with E-state index >= 15 is 0 Å². The summed E-state index contributed by atoms with van der Waals surface area (Å²) < 4.78 is 0. The zero-order valence-corrected chi connectivity index (χ0v) is 28.0. The van der Waals surface area contributed by atoms with Gasteiger partial charge in [-0.2, -0.15) is 0 Å². The normalized spacial score (nSPS) is 12.9. The first-order valence-electron chi connectivity index (χ1n) is 11.1. The molecule has 0 aromatic heterocycles. The van der Waals surface area contributed by atoms with Crippen LogP contribution in [0, 0.1) is 0 Å². The van der Waals surface area contributed by atoms with Gasteiger partial charge in [-0.05, 0) is 24.3 Å². The molecule has 0 unspecified atom stereocenters. The number of nitrogens with two attached hydrogens (primary N) is 2. The maximum atomic E-state index is 9.63. The number of anilines is 2. The largest absolute Gasteiger partial charge is 3.00 e. The van der Waals surface area contributed by atoms with E-state index in [0.29, 0.717) is 0 Å². The number of carbonyl (C=O) groups is 6. The number of aliphatic carboxylic acids is 6. The zero-order valence-electron chi connectivity index (χ0n) is 22.9. The Hall–Kier alpha value is -3.74. The van der Waals surface area contributed by atoms with E-state index in [1.54, 1.807) is 0 Å². The summed E-state index contributed by atoms with van der Waals surface area (Å²) in [5.41, 5.74) is 12.4. The van der Waals surface area contributed by atoms with Crippen LogP contribution >= 0.6 is 0 Å². The summed E-state index contributed by atoms with van der Waals surface area (Å²) in [4.78, 5) is 57.8. The van der Waals surface area contributed by atoms with Gasteiger partial charge in [-0.25, -0.2) is 0 Å². The number of benzene rings is 2.